The third kappa shape index (κ3) is 2.99. The normalized spacial score (nSPS) is 12.2. The molecular formula is C12H16N4O2S. The van der Waals surface area contributed by atoms with E-state index in [9.17, 15) is 8.42 Å². The summed E-state index contributed by atoms with van der Waals surface area (Å²) < 4.78 is 26.3. The number of sulfonamides is 1. The fourth-order valence-electron chi connectivity index (χ4n) is 1.71. The van der Waals surface area contributed by atoms with Crippen molar-refractivity contribution in [3.8, 4) is 0 Å². The molecular weight excluding hydrogens is 264 g/mol. The van der Waals surface area contributed by atoms with Gasteiger partial charge in [-0.15, -0.1) is 0 Å². The number of nitrogens with zero attached hydrogens (tertiary/aromatic N) is 3. The van der Waals surface area contributed by atoms with E-state index in [1.165, 1.54) is 16.8 Å². The molecule has 0 aliphatic rings. The molecule has 0 atom stereocenters. The molecule has 6 nitrogen and oxygen atoms in total. The monoisotopic (exact) mass is 280 g/mol. The number of imidazole rings is 1. The van der Waals surface area contributed by atoms with Crippen molar-refractivity contribution in [1.29, 1.82) is 0 Å². The molecule has 0 saturated carbocycles. The molecule has 7 heteroatoms. The highest BCUT2D eigenvalue weighted by Crippen LogP contribution is 2.18. The summed E-state index contributed by atoms with van der Waals surface area (Å²) in [6, 6.07) is 5.27. The second kappa shape index (κ2) is 5.50. The Hall–Kier alpha value is -1.73. The van der Waals surface area contributed by atoms with Crippen LogP contribution in [0.1, 0.15) is 19.5 Å². The summed E-state index contributed by atoms with van der Waals surface area (Å²) in [7, 11) is -3.58. The number of hydrogen-bond donors (Lipinski definition) is 1. The third-order valence-electron chi connectivity index (χ3n) is 2.68. The maximum Gasteiger partial charge on any atom is 0.260 e. The first kappa shape index (κ1) is 13.7. The van der Waals surface area contributed by atoms with Crippen LogP contribution in [0.4, 0.5) is 0 Å². The molecule has 0 saturated heterocycles. The lowest BCUT2D eigenvalue weighted by molar-refractivity contribution is 0.343. The summed E-state index contributed by atoms with van der Waals surface area (Å²) in [5.74, 6) is 0. The molecule has 2 aromatic heterocycles. The van der Waals surface area contributed by atoms with Gasteiger partial charge in [-0.3, -0.25) is 4.98 Å². The minimum absolute atomic E-state index is 0.0946. The van der Waals surface area contributed by atoms with Gasteiger partial charge in [-0.1, -0.05) is 6.07 Å². The van der Waals surface area contributed by atoms with Gasteiger partial charge in [0.25, 0.3) is 10.0 Å². The van der Waals surface area contributed by atoms with Crippen molar-refractivity contribution < 1.29 is 8.42 Å². The van der Waals surface area contributed by atoms with Crippen LogP contribution >= 0.6 is 0 Å². The lowest BCUT2D eigenvalue weighted by atomic mass is 10.3. The molecule has 2 rings (SSSR count). The van der Waals surface area contributed by atoms with Gasteiger partial charge in [0.15, 0.2) is 5.03 Å². The van der Waals surface area contributed by atoms with Gasteiger partial charge >= 0.3 is 0 Å². The quantitative estimate of drug-likeness (QED) is 0.898. The van der Waals surface area contributed by atoms with Crippen molar-refractivity contribution in [2.45, 2.75) is 31.5 Å². The first-order chi connectivity index (χ1) is 9.01. The van der Waals surface area contributed by atoms with Crippen LogP contribution in [0, 0.1) is 0 Å². The zero-order valence-electron chi connectivity index (χ0n) is 10.8. The second-order valence-corrected chi connectivity index (χ2v) is 6.24. The van der Waals surface area contributed by atoms with Gasteiger partial charge in [-0.05, 0) is 26.0 Å². The molecule has 19 heavy (non-hydrogen) atoms. The van der Waals surface area contributed by atoms with E-state index in [0.717, 1.165) is 0 Å². The van der Waals surface area contributed by atoms with Crippen LogP contribution in [0.5, 0.6) is 0 Å². The topological polar surface area (TPSA) is 79.0 Å². The zero-order valence-corrected chi connectivity index (χ0v) is 11.6. The number of rotatable bonds is 5. The number of H-pyrrole nitrogens is 1. The van der Waals surface area contributed by atoms with Gasteiger partial charge in [-0.25, -0.2) is 13.4 Å². The fourth-order valence-corrected chi connectivity index (χ4v) is 3.21. The predicted octanol–water partition coefficient (Wildman–Crippen LogP) is 1.40. The van der Waals surface area contributed by atoms with Crippen LogP contribution in [0.15, 0.2) is 41.9 Å². The van der Waals surface area contributed by atoms with Crippen LogP contribution in [0.25, 0.3) is 0 Å². The number of aromatic amines is 1. The first-order valence-electron chi connectivity index (χ1n) is 5.92. The third-order valence-corrected chi connectivity index (χ3v) is 4.63. The van der Waals surface area contributed by atoms with E-state index in [2.05, 4.69) is 15.0 Å². The maximum atomic E-state index is 12.5. The van der Waals surface area contributed by atoms with Crippen LogP contribution in [0.3, 0.4) is 0 Å². The lowest BCUT2D eigenvalue weighted by Gasteiger charge is -2.24. The molecule has 2 aromatic rings. The van der Waals surface area contributed by atoms with E-state index < -0.39 is 10.0 Å². The Morgan fingerprint density at radius 3 is 2.68 bits per heavy atom. The molecule has 0 unspecified atom stereocenters. The fraction of sp³-hybridized carbons (Fsp3) is 0.333. The summed E-state index contributed by atoms with van der Waals surface area (Å²) in [5, 5.41) is 0.0946. The van der Waals surface area contributed by atoms with Crippen molar-refractivity contribution in [2.24, 2.45) is 0 Å². The molecule has 2 heterocycles. The van der Waals surface area contributed by atoms with Crippen molar-refractivity contribution >= 4 is 10.0 Å². The molecule has 0 amide bonds. The highest BCUT2D eigenvalue weighted by Gasteiger charge is 2.28. The number of nitrogens with one attached hydrogen (secondary N) is 1. The van der Waals surface area contributed by atoms with Crippen molar-refractivity contribution in [3.63, 3.8) is 0 Å². The van der Waals surface area contributed by atoms with Gasteiger partial charge in [0.05, 0.1) is 24.8 Å². The number of hydrogen-bond acceptors (Lipinski definition) is 4. The highest BCUT2D eigenvalue weighted by atomic mass is 32.2. The van der Waals surface area contributed by atoms with Crippen LogP contribution in [0.2, 0.25) is 0 Å². The number of pyridine rings is 1. The average molecular weight is 280 g/mol. The molecule has 0 spiro atoms. The summed E-state index contributed by atoms with van der Waals surface area (Å²) in [6.45, 7) is 3.90. The second-order valence-electron chi connectivity index (χ2n) is 4.38. The van der Waals surface area contributed by atoms with E-state index >= 15 is 0 Å². The highest BCUT2D eigenvalue weighted by molar-refractivity contribution is 7.89. The lowest BCUT2D eigenvalue weighted by Crippen LogP contribution is -2.36. The van der Waals surface area contributed by atoms with E-state index in [-0.39, 0.29) is 17.6 Å². The maximum absolute atomic E-state index is 12.5. The minimum atomic E-state index is -3.58. The Balaban J connectivity index is 2.31. The van der Waals surface area contributed by atoms with Crippen LogP contribution < -0.4 is 0 Å². The van der Waals surface area contributed by atoms with Gasteiger partial charge in [0.1, 0.15) is 0 Å². The molecule has 0 aromatic carbocycles. The van der Waals surface area contributed by atoms with Crippen LogP contribution in [-0.2, 0) is 16.6 Å². The average Bonchev–Trinajstić information content (AvgIpc) is 2.91. The standard InChI is InChI=1S/C12H16N4O2S/c1-10(2)16(8-11-5-3-4-6-14-11)19(17,18)12-7-13-9-15-12/h3-7,9-10H,8H2,1-2H3,(H,13,15). The summed E-state index contributed by atoms with van der Waals surface area (Å²) in [6.07, 6.45) is 4.31. The Morgan fingerprint density at radius 1 is 1.37 bits per heavy atom. The smallest absolute Gasteiger partial charge is 0.260 e. The van der Waals surface area contributed by atoms with Crippen molar-refractivity contribution in [1.82, 2.24) is 19.3 Å². The van der Waals surface area contributed by atoms with Crippen molar-refractivity contribution in [3.05, 3.63) is 42.6 Å². The van der Waals surface area contributed by atoms with E-state index in [0.29, 0.717) is 5.69 Å². The number of aromatic nitrogens is 3. The molecule has 0 radical (unpaired) electrons. The molecule has 102 valence electrons. The Morgan fingerprint density at radius 2 is 2.16 bits per heavy atom. The van der Waals surface area contributed by atoms with E-state index in [1.807, 2.05) is 19.9 Å². The van der Waals surface area contributed by atoms with Gasteiger partial charge in [0.2, 0.25) is 0 Å². The van der Waals surface area contributed by atoms with Gasteiger partial charge in [-0.2, -0.15) is 4.31 Å². The molecule has 0 bridgehead atoms. The van der Waals surface area contributed by atoms with Crippen LogP contribution in [-0.4, -0.2) is 33.7 Å². The zero-order chi connectivity index (χ0) is 13.9. The first-order valence-corrected chi connectivity index (χ1v) is 7.36. The van der Waals surface area contributed by atoms with E-state index in [4.69, 9.17) is 0 Å². The predicted molar refractivity (Wildman–Crippen MR) is 70.7 cm³/mol. The van der Waals surface area contributed by atoms with Crippen molar-refractivity contribution in [2.75, 3.05) is 0 Å². The summed E-state index contributed by atoms with van der Waals surface area (Å²) in [4.78, 5) is 10.6. The minimum Gasteiger partial charge on any atom is -0.335 e. The molecule has 0 aliphatic carbocycles. The Labute approximate surface area is 112 Å². The molecule has 0 fully saturated rings. The van der Waals surface area contributed by atoms with E-state index in [1.54, 1.807) is 18.3 Å². The SMILES string of the molecule is CC(C)N(Cc1ccccn1)S(=O)(=O)c1cnc[nH]1. The Bertz CT molecular complexity index is 608. The van der Waals surface area contributed by atoms with Gasteiger partial charge in [0, 0.05) is 12.2 Å². The molecule has 0 aliphatic heterocycles. The molecule has 1 N–H and O–H groups in total. The largest absolute Gasteiger partial charge is 0.335 e. The Kier molecular flexibility index (Phi) is 3.96. The summed E-state index contributed by atoms with van der Waals surface area (Å²) >= 11 is 0. The summed E-state index contributed by atoms with van der Waals surface area (Å²) in [5.41, 5.74) is 0.708. The van der Waals surface area contributed by atoms with Gasteiger partial charge < -0.3 is 4.98 Å².